The Balaban J connectivity index is 2.79. The smallest absolute Gasteiger partial charge is 0.256 e. The molecule has 0 aromatic heterocycles. The molecule has 1 aromatic carbocycles. The first-order valence-electron chi connectivity index (χ1n) is 4.67. The second-order valence-electron chi connectivity index (χ2n) is 3.08. The lowest BCUT2D eigenvalue weighted by Crippen LogP contribution is -2.33. The highest BCUT2D eigenvalue weighted by molar-refractivity contribution is 5.97. The van der Waals surface area contributed by atoms with E-state index in [1.807, 2.05) is 6.07 Å². The summed E-state index contributed by atoms with van der Waals surface area (Å²) in [7, 11) is 0. The molecule has 0 aliphatic rings. The molecule has 1 rings (SSSR count). The third-order valence-electron chi connectivity index (χ3n) is 2.02. The van der Waals surface area contributed by atoms with Gasteiger partial charge in [-0.25, -0.2) is 0 Å². The summed E-state index contributed by atoms with van der Waals surface area (Å²) in [6, 6.07) is 7.67. The predicted octanol–water partition coefficient (Wildman–Crippen LogP) is 1.42. The zero-order valence-electron chi connectivity index (χ0n) is 8.40. The van der Waals surface area contributed by atoms with Crippen molar-refractivity contribution in [1.82, 2.24) is 5.32 Å². The number of hydrogen-bond acceptors (Lipinski definition) is 3. The number of nitrogens with one attached hydrogen (secondary N) is 1. The van der Waals surface area contributed by atoms with E-state index in [-0.39, 0.29) is 11.3 Å². The maximum absolute atomic E-state index is 11.6. The number of carbonyl (C=O) groups is 1. The molecule has 0 aliphatic heterocycles. The molecule has 0 saturated carbocycles. The van der Waals surface area contributed by atoms with Gasteiger partial charge in [-0.3, -0.25) is 4.79 Å². The van der Waals surface area contributed by atoms with Crippen LogP contribution >= 0.6 is 0 Å². The third-order valence-corrected chi connectivity index (χ3v) is 2.02. The van der Waals surface area contributed by atoms with Gasteiger partial charge in [0.15, 0.2) is 0 Å². The van der Waals surface area contributed by atoms with Crippen molar-refractivity contribution in [3.05, 3.63) is 29.8 Å². The number of amides is 1. The van der Waals surface area contributed by atoms with Crippen LogP contribution in [0.5, 0.6) is 5.75 Å². The number of para-hydroxylation sites is 1. The molecule has 2 N–H and O–H groups in total. The first-order valence-corrected chi connectivity index (χ1v) is 4.67. The number of phenolic OH excluding ortho intramolecular Hbond substituents is 1. The minimum atomic E-state index is -0.517. The summed E-state index contributed by atoms with van der Waals surface area (Å²) in [5.74, 6) is -0.510. The lowest BCUT2D eigenvalue weighted by atomic mass is 10.1. The largest absolute Gasteiger partial charge is 0.507 e. The molecule has 0 radical (unpaired) electrons. The maximum atomic E-state index is 11.6. The van der Waals surface area contributed by atoms with Gasteiger partial charge in [0.2, 0.25) is 0 Å². The fraction of sp³-hybridized carbons (Fsp3) is 0.273. The quantitative estimate of drug-likeness (QED) is 0.782. The standard InChI is InChI=1S/C11H12N2O2/c1-2-8(7-12)13-11(15)9-5-3-4-6-10(9)14/h3-6,8,14H,2H2,1H3,(H,13,15). The minimum Gasteiger partial charge on any atom is -0.507 e. The van der Waals surface area contributed by atoms with Gasteiger partial charge in [0, 0.05) is 0 Å². The van der Waals surface area contributed by atoms with E-state index in [9.17, 15) is 9.90 Å². The van der Waals surface area contributed by atoms with E-state index in [0.29, 0.717) is 6.42 Å². The van der Waals surface area contributed by atoms with Crippen molar-refractivity contribution < 1.29 is 9.90 Å². The molecule has 78 valence electrons. The highest BCUT2D eigenvalue weighted by Gasteiger charge is 2.13. The van der Waals surface area contributed by atoms with Crippen molar-refractivity contribution in [3.63, 3.8) is 0 Å². The van der Waals surface area contributed by atoms with Gasteiger partial charge in [0.25, 0.3) is 5.91 Å². The number of carbonyl (C=O) groups excluding carboxylic acids is 1. The maximum Gasteiger partial charge on any atom is 0.256 e. The van der Waals surface area contributed by atoms with E-state index in [0.717, 1.165) is 0 Å². The second-order valence-corrected chi connectivity index (χ2v) is 3.08. The summed E-state index contributed by atoms with van der Waals surface area (Å²) < 4.78 is 0. The average molecular weight is 204 g/mol. The monoisotopic (exact) mass is 204 g/mol. The molecule has 1 aromatic rings. The Bertz CT molecular complexity index is 396. The van der Waals surface area contributed by atoms with Crippen LogP contribution in [0.2, 0.25) is 0 Å². The van der Waals surface area contributed by atoms with E-state index in [2.05, 4.69) is 5.32 Å². The lowest BCUT2D eigenvalue weighted by Gasteiger charge is -2.09. The van der Waals surface area contributed by atoms with Crippen LogP contribution in [0.4, 0.5) is 0 Å². The summed E-state index contributed by atoms with van der Waals surface area (Å²) in [6.07, 6.45) is 0.538. The Morgan fingerprint density at radius 1 is 1.60 bits per heavy atom. The van der Waals surface area contributed by atoms with E-state index < -0.39 is 11.9 Å². The Morgan fingerprint density at radius 2 is 2.27 bits per heavy atom. The molecule has 0 fully saturated rings. The van der Waals surface area contributed by atoms with Gasteiger partial charge in [-0.05, 0) is 18.6 Å². The SMILES string of the molecule is CCC(C#N)NC(=O)c1ccccc1O. The van der Waals surface area contributed by atoms with Gasteiger partial charge in [-0.15, -0.1) is 0 Å². The summed E-state index contributed by atoms with van der Waals surface area (Å²) in [5, 5.41) is 20.6. The first kappa shape index (κ1) is 11.1. The summed E-state index contributed by atoms with van der Waals surface area (Å²) in [5.41, 5.74) is 0.186. The van der Waals surface area contributed by atoms with Crippen molar-refractivity contribution in [2.45, 2.75) is 19.4 Å². The molecule has 1 unspecified atom stereocenters. The average Bonchev–Trinajstić information content (AvgIpc) is 2.26. The van der Waals surface area contributed by atoms with Crippen LogP contribution in [0.1, 0.15) is 23.7 Å². The Labute approximate surface area is 88.2 Å². The van der Waals surface area contributed by atoms with Crippen molar-refractivity contribution >= 4 is 5.91 Å². The third kappa shape index (κ3) is 2.71. The van der Waals surface area contributed by atoms with Crippen LogP contribution in [0.15, 0.2) is 24.3 Å². The van der Waals surface area contributed by atoms with Crippen molar-refractivity contribution in [2.24, 2.45) is 0 Å². The molecule has 4 heteroatoms. The Kier molecular flexibility index (Phi) is 3.69. The van der Waals surface area contributed by atoms with Gasteiger partial charge in [-0.1, -0.05) is 19.1 Å². The normalized spacial score (nSPS) is 11.5. The van der Waals surface area contributed by atoms with Gasteiger partial charge in [-0.2, -0.15) is 5.26 Å². The predicted molar refractivity (Wildman–Crippen MR) is 55.3 cm³/mol. The molecule has 0 aliphatic carbocycles. The van der Waals surface area contributed by atoms with Crippen LogP contribution < -0.4 is 5.32 Å². The minimum absolute atomic E-state index is 0.0807. The highest BCUT2D eigenvalue weighted by atomic mass is 16.3. The van der Waals surface area contributed by atoms with Crippen molar-refractivity contribution in [1.29, 1.82) is 5.26 Å². The highest BCUT2D eigenvalue weighted by Crippen LogP contribution is 2.15. The summed E-state index contributed by atoms with van der Waals surface area (Å²) >= 11 is 0. The second kappa shape index (κ2) is 5.01. The number of nitriles is 1. The lowest BCUT2D eigenvalue weighted by molar-refractivity contribution is 0.0942. The molecule has 1 atom stereocenters. The van der Waals surface area contributed by atoms with Crippen LogP contribution in [0.3, 0.4) is 0 Å². The molecule has 0 saturated heterocycles. The zero-order chi connectivity index (χ0) is 11.3. The van der Waals surface area contributed by atoms with Gasteiger partial charge < -0.3 is 10.4 Å². The van der Waals surface area contributed by atoms with E-state index in [1.165, 1.54) is 12.1 Å². The van der Waals surface area contributed by atoms with Crippen LogP contribution in [-0.4, -0.2) is 17.1 Å². The number of hydrogen-bond donors (Lipinski definition) is 2. The number of benzene rings is 1. The molecule has 1 amide bonds. The van der Waals surface area contributed by atoms with Crippen molar-refractivity contribution in [2.75, 3.05) is 0 Å². The molecular weight excluding hydrogens is 192 g/mol. The van der Waals surface area contributed by atoms with E-state index >= 15 is 0 Å². The molecular formula is C11H12N2O2. The molecule has 0 heterocycles. The van der Waals surface area contributed by atoms with Crippen molar-refractivity contribution in [3.8, 4) is 11.8 Å². The zero-order valence-corrected chi connectivity index (χ0v) is 8.40. The molecule has 15 heavy (non-hydrogen) atoms. The number of phenols is 1. The Morgan fingerprint density at radius 3 is 2.80 bits per heavy atom. The van der Waals surface area contributed by atoms with Gasteiger partial charge in [0.05, 0.1) is 11.6 Å². The number of nitrogens with zero attached hydrogens (tertiary/aromatic N) is 1. The van der Waals surface area contributed by atoms with Crippen LogP contribution in [0.25, 0.3) is 0 Å². The molecule has 0 bridgehead atoms. The number of rotatable bonds is 3. The number of aromatic hydroxyl groups is 1. The van der Waals surface area contributed by atoms with Crippen LogP contribution in [-0.2, 0) is 0 Å². The fourth-order valence-corrected chi connectivity index (χ4v) is 1.13. The van der Waals surface area contributed by atoms with Gasteiger partial charge >= 0.3 is 0 Å². The van der Waals surface area contributed by atoms with Crippen LogP contribution in [0, 0.1) is 11.3 Å². The summed E-state index contributed by atoms with van der Waals surface area (Å²) in [4.78, 5) is 11.6. The summed E-state index contributed by atoms with van der Waals surface area (Å²) in [6.45, 7) is 1.80. The first-order chi connectivity index (χ1) is 7.19. The van der Waals surface area contributed by atoms with E-state index in [1.54, 1.807) is 19.1 Å². The molecule has 0 spiro atoms. The topological polar surface area (TPSA) is 73.1 Å². The van der Waals surface area contributed by atoms with Gasteiger partial charge in [0.1, 0.15) is 11.8 Å². The molecule has 4 nitrogen and oxygen atoms in total. The van der Waals surface area contributed by atoms with E-state index in [4.69, 9.17) is 5.26 Å². The fourth-order valence-electron chi connectivity index (χ4n) is 1.13. The Hall–Kier alpha value is -2.02.